The number of hydrogen-bond acceptors (Lipinski definition) is 2. The maximum Gasteiger partial charge on any atom is 0.248 e. The molecule has 0 atom stereocenters. The molecule has 1 amide bonds. The van der Waals surface area contributed by atoms with Crippen LogP contribution in [0.5, 0.6) is 11.5 Å². The van der Waals surface area contributed by atoms with Crippen LogP contribution in [0.15, 0.2) is 103 Å². The van der Waals surface area contributed by atoms with E-state index in [4.69, 9.17) is 4.74 Å². The summed E-state index contributed by atoms with van der Waals surface area (Å²) in [5.74, 6) is 1.32. The van der Waals surface area contributed by atoms with Gasteiger partial charge in [0.05, 0.1) is 0 Å². The summed E-state index contributed by atoms with van der Waals surface area (Å²) in [7, 11) is 0. The second-order valence-electron chi connectivity index (χ2n) is 6.33. The molecule has 4 aromatic carbocycles. The van der Waals surface area contributed by atoms with Gasteiger partial charge in [0, 0.05) is 11.8 Å². The first-order valence-electron chi connectivity index (χ1n) is 9.08. The molecule has 0 aliphatic carbocycles. The van der Waals surface area contributed by atoms with Gasteiger partial charge < -0.3 is 10.1 Å². The molecule has 0 saturated carbocycles. The van der Waals surface area contributed by atoms with Crippen LogP contribution in [0.1, 0.15) is 5.56 Å². The minimum atomic E-state index is -0.176. The van der Waals surface area contributed by atoms with Crippen molar-refractivity contribution in [2.45, 2.75) is 0 Å². The number of ether oxygens (including phenoxy) is 1. The summed E-state index contributed by atoms with van der Waals surface area (Å²) in [6.45, 7) is 0. The summed E-state index contributed by atoms with van der Waals surface area (Å²) in [6.07, 6.45) is 3.39. The molecule has 3 heteroatoms. The maximum absolute atomic E-state index is 12.3. The topological polar surface area (TPSA) is 38.3 Å². The van der Waals surface area contributed by atoms with Crippen molar-refractivity contribution in [1.29, 1.82) is 0 Å². The van der Waals surface area contributed by atoms with Crippen molar-refractivity contribution >= 4 is 28.4 Å². The highest BCUT2D eigenvalue weighted by atomic mass is 16.5. The Morgan fingerprint density at radius 3 is 2.21 bits per heavy atom. The number of benzene rings is 4. The Labute approximate surface area is 163 Å². The minimum absolute atomic E-state index is 0.176. The van der Waals surface area contributed by atoms with Gasteiger partial charge in [0.15, 0.2) is 0 Å². The molecule has 0 spiro atoms. The van der Waals surface area contributed by atoms with E-state index in [0.717, 1.165) is 27.8 Å². The summed E-state index contributed by atoms with van der Waals surface area (Å²) in [4.78, 5) is 12.3. The zero-order valence-corrected chi connectivity index (χ0v) is 15.2. The van der Waals surface area contributed by atoms with Crippen LogP contribution in [-0.4, -0.2) is 5.91 Å². The molecular formula is C25H19NO2. The molecule has 1 N–H and O–H groups in total. The lowest BCUT2D eigenvalue weighted by atomic mass is 10.0. The highest BCUT2D eigenvalue weighted by Gasteiger charge is 2.01. The van der Waals surface area contributed by atoms with Crippen LogP contribution >= 0.6 is 0 Å². The Kier molecular flexibility index (Phi) is 5.16. The normalized spacial score (nSPS) is 10.9. The maximum atomic E-state index is 12.3. The average Bonchev–Trinajstić information content (AvgIpc) is 2.74. The summed E-state index contributed by atoms with van der Waals surface area (Å²) in [5, 5.41) is 5.14. The lowest BCUT2D eigenvalue weighted by Gasteiger charge is -2.07. The third-order valence-electron chi connectivity index (χ3n) is 4.34. The van der Waals surface area contributed by atoms with E-state index in [-0.39, 0.29) is 5.91 Å². The predicted octanol–water partition coefficient (Wildman–Crippen LogP) is 6.28. The SMILES string of the molecule is O=C(/C=C/c1cccc2ccccc12)Nc1ccc(Oc2ccccc2)cc1. The third-order valence-corrected chi connectivity index (χ3v) is 4.34. The monoisotopic (exact) mass is 365 g/mol. The number of para-hydroxylation sites is 1. The van der Waals surface area contributed by atoms with Gasteiger partial charge >= 0.3 is 0 Å². The second-order valence-corrected chi connectivity index (χ2v) is 6.33. The number of fused-ring (bicyclic) bond motifs is 1. The number of carbonyl (C=O) groups excluding carboxylic acids is 1. The van der Waals surface area contributed by atoms with Gasteiger partial charge in [-0.2, -0.15) is 0 Å². The lowest BCUT2D eigenvalue weighted by Crippen LogP contribution is -2.07. The fourth-order valence-electron chi connectivity index (χ4n) is 2.98. The third kappa shape index (κ3) is 4.27. The van der Waals surface area contributed by atoms with Crippen molar-refractivity contribution < 1.29 is 9.53 Å². The molecule has 0 aliphatic heterocycles. The highest BCUT2D eigenvalue weighted by Crippen LogP contribution is 2.23. The first-order valence-corrected chi connectivity index (χ1v) is 9.08. The fraction of sp³-hybridized carbons (Fsp3) is 0. The van der Waals surface area contributed by atoms with Crippen LogP contribution in [-0.2, 0) is 4.79 Å². The van der Waals surface area contributed by atoms with Gasteiger partial charge in [-0.05, 0) is 58.8 Å². The van der Waals surface area contributed by atoms with Crippen molar-refractivity contribution in [3.8, 4) is 11.5 Å². The molecule has 0 saturated heterocycles. The number of nitrogens with one attached hydrogen (secondary N) is 1. The summed E-state index contributed by atoms with van der Waals surface area (Å²) >= 11 is 0. The molecule has 4 aromatic rings. The molecule has 0 aromatic heterocycles. The Hall–Kier alpha value is -3.85. The fourth-order valence-corrected chi connectivity index (χ4v) is 2.98. The van der Waals surface area contributed by atoms with Gasteiger partial charge in [-0.25, -0.2) is 0 Å². The standard InChI is InChI=1S/C25H19NO2/c27-25(18-13-20-9-6-8-19-7-4-5-12-24(19)20)26-21-14-16-23(17-15-21)28-22-10-2-1-3-11-22/h1-18H,(H,26,27)/b18-13+. The quantitative estimate of drug-likeness (QED) is 0.422. The molecule has 0 aliphatic rings. The van der Waals surface area contributed by atoms with Crippen LogP contribution in [0.3, 0.4) is 0 Å². The van der Waals surface area contributed by atoms with Gasteiger partial charge in [0.2, 0.25) is 5.91 Å². The second kappa shape index (κ2) is 8.23. The summed E-state index contributed by atoms with van der Waals surface area (Å²) in [5.41, 5.74) is 1.73. The first kappa shape index (κ1) is 17.6. The van der Waals surface area contributed by atoms with Crippen LogP contribution in [0.2, 0.25) is 0 Å². The van der Waals surface area contributed by atoms with E-state index in [0.29, 0.717) is 5.69 Å². The molecule has 28 heavy (non-hydrogen) atoms. The smallest absolute Gasteiger partial charge is 0.248 e. The minimum Gasteiger partial charge on any atom is -0.457 e. The van der Waals surface area contributed by atoms with E-state index in [1.807, 2.05) is 84.9 Å². The van der Waals surface area contributed by atoms with Gasteiger partial charge in [0.25, 0.3) is 0 Å². The average molecular weight is 365 g/mol. The summed E-state index contributed by atoms with van der Waals surface area (Å²) < 4.78 is 5.76. The molecule has 0 fully saturated rings. The number of carbonyl (C=O) groups is 1. The molecule has 4 rings (SSSR count). The Bertz CT molecular complexity index is 1110. The Balaban J connectivity index is 1.41. The lowest BCUT2D eigenvalue weighted by molar-refractivity contribution is -0.111. The largest absolute Gasteiger partial charge is 0.457 e. The van der Waals surface area contributed by atoms with Crippen molar-refractivity contribution in [3.05, 3.63) is 109 Å². The number of rotatable bonds is 5. The first-order chi connectivity index (χ1) is 13.8. The van der Waals surface area contributed by atoms with Crippen molar-refractivity contribution in [1.82, 2.24) is 0 Å². The molecule has 0 radical (unpaired) electrons. The van der Waals surface area contributed by atoms with E-state index in [9.17, 15) is 4.79 Å². The van der Waals surface area contributed by atoms with E-state index in [1.54, 1.807) is 6.08 Å². The predicted molar refractivity (Wildman–Crippen MR) is 115 cm³/mol. The molecule has 0 bridgehead atoms. The van der Waals surface area contributed by atoms with Gasteiger partial charge in [-0.1, -0.05) is 60.7 Å². The molecule has 0 heterocycles. The number of anilines is 1. The van der Waals surface area contributed by atoms with Crippen molar-refractivity contribution in [2.24, 2.45) is 0 Å². The van der Waals surface area contributed by atoms with Crippen LogP contribution < -0.4 is 10.1 Å². The molecule has 136 valence electrons. The van der Waals surface area contributed by atoms with E-state index in [2.05, 4.69) is 23.5 Å². The summed E-state index contributed by atoms with van der Waals surface area (Å²) in [6, 6.07) is 31.1. The van der Waals surface area contributed by atoms with Crippen molar-refractivity contribution in [3.63, 3.8) is 0 Å². The molecular weight excluding hydrogens is 346 g/mol. The zero-order valence-electron chi connectivity index (χ0n) is 15.2. The highest BCUT2D eigenvalue weighted by molar-refractivity contribution is 6.03. The van der Waals surface area contributed by atoms with Gasteiger partial charge in [0.1, 0.15) is 11.5 Å². The van der Waals surface area contributed by atoms with E-state index < -0.39 is 0 Å². The molecule has 3 nitrogen and oxygen atoms in total. The van der Waals surface area contributed by atoms with Crippen LogP contribution in [0.4, 0.5) is 5.69 Å². The van der Waals surface area contributed by atoms with Crippen LogP contribution in [0.25, 0.3) is 16.8 Å². The zero-order chi connectivity index (χ0) is 19.2. The number of hydrogen-bond donors (Lipinski definition) is 1. The molecule has 0 unspecified atom stereocenters. The number of amides is 1. The van der Waals surface area contributed by atoms with Crippen molar-refractivity contribution in [2.75, 3.05) is 5.32 Å². The Morgan fingerprint density at radius 2 is 1.39 bits per heavy atom. The van der Waals surface area contributed by atoms with Crippen LogP contribution in [0, 0.1) is 0 Å². The van der Waals surface area contributed by atoms with E-state index in [1.165, 1.54) is 0 Å². The van der Waals surface area contributed by atoms with Gasteiger partial charge in [-0.15, -0.1) is 0 Å². The van der Waals surface area contributed by atoms with Gasteiger partial charge in [-0.3, -0.25) is 4.79 Å². The Morgan fingerprint density at radius 1 is 0.714 bits per heavy atom. The van der Waals surface area contributed by atoms with E-state index >= 15 is 0 Å².